The number of nitrogens with zero attached hydrogens (tertiary/aromatic N) is 1. The molecule has 1 aliphatic rings. The third kappa shape index (κ3) is 4.32. The van der Waals surface area contributed by atoms with Crippen molar-refractivity contribution in [3.8, 4) is 0 Å². The molecular formula is C26H17Cl3N2O2S. The minimum atomic E-state index is -0.461. The van der Waals surface area contributed by atoms with E-state index in [4.69, 9.17) is 34.8 Å². The van der Waals surface area contributed by atoms with Gasteiger partial charge in [-0.25, -0.2) is 0 Å². The smallest absolute Gasteiger partial charge is 0.260 e. The summed E-state index contributed by atoms with van der Waals surface area (Å²) in [5, 5.41) is 5.53. The molecule has 0 fully saturated rings. The van der Waals surface area contributed by atoms with Crippen LogP contribution >= 0.6 is 46.1 Å². The highest BCUT2D eigenvalue weighted by Crippen LogP contribution is 2.35. The quantitative estimate of drug-likeness (QED) is 0.297. The number of anilines is 2. The lowest BCUT2D eigenvalue weighted by atomic mass is 10.1. The van der Waals surface area contributed by atoms with E-state index in [0.717, 1.165) is 23.2 Å². The molecule has 0 radical (unpaired) electrons. The minimum absolute atomic E-state index is 0.176. The van der Waals surface area contributed by atoms with E-state index in [1.807, 2.05) is 24.3 Å². The second-order valence-electron chi connectivity index (χ2n) is 7.81. The van der Waals surface area contributed by atoms with Gasteiger partial charge in [0.2, 0.25) is 0 Å². The van der Waals surface area contributed by atoms with Crippen molar-refractivity contribution in [2.45, 2.75) is 13.0 Å². The number of carbonyl (C=O) groups is 2. The van der Waals surface area contributed by atoms with Crippen LogP contribution in [-0.2, 0) is 13.0 Å². The lowest BCUT2D eigenvalue weighted by Crippen LogP contribution is -2.30. The molecule has 1 aliphatic heterocycles. The molecule has 170 valence electrons. The van der Waals surface area contributed by atoms with Crippen molar-refractivity contribution in [3.05, 3.63) is 114 Å². The van der Waals surface area contributed by atoms with Gasteiger partial charge in [0.05, 0.1) is 32.7 Å². The van der Waals surface area contributed by atoms with Crippen LogP contribution in [-0.4, -0.2) is 11.8 Å². The highest BCUT2D eigenvalue weighted by atomic mass is 35.5. The summed E-state index contributed by atoms with van der Waals surface area (Å²) in [6.45, 7) is 0.467. The van der Waals surface area contributed by atoms with Gasteiger partial charge in [-0.3, -0.25) is 9.59 Å². The van der Waals surface area contributed by atoms with E-state index in [1.54, 1.807) is 52.6 Å². The second-order valence-corrected chi connectivity index (χ2v) is 10.0. The first kappa shape index (κ1) is 22.9. The summed E-state index contributed by atoms with van der Waals surface area (Å²) < 4.78 is 0. The Labute approximate surface area is 215 Å². The zero-order valence-electron chi connectivity index (χ0n) is 17.6. The average Bonchev–Trinajstić information content (AvgIpc) is 3.17. The van der Waals surface area contributed by atoms with Gasteiger partial charge in [0.15, 0.2) is 0 Å². The number of carbonyl (C=O) groups excluding carboxylic acids is 2. The van der Waals surface area contributed by atoms with E-state index in [1.165, 1.54) is 4.88 Å². The Morgan fingerprint density at radius 2 is 1.62 bits per heavy atom. The lowest BCUT2D eigenvalue weighted by Gasteiger charge is -2.24. The molecule has 0 aliphatic carbocycles. The Kier molecular flexibility index (Phi) is 6.36. The molecule has 2 amide bonds. The third-order valence-corrected chi connectivity index (χ3v) is 7.60. The fourth-order valence-corrected chi connectivity index (χ4v) is 5.77. The number of halogens is 3. The lowest BCUT2D eigenvalue weighted by molar-refractivity contribution is 0.0984. The zero-order valence-corrected chi connectivity index (χ0v) is 20.7. The maximum absolute atomic E-state index is 13.6. The molecule has 1 N–H and O–H groups in total. The minimum Gasteiger partial charge on any atom is -0.322 e. The van der Waals surface area contributed by atoms with Crippen molar-refractivity contribution >= 4 is 69.3 Å². The number of rotatable bonds is 3. The van der Waals surface area contributed by atoms with Gasteiger partial charge in [-0.05, 0) is 59.0 Å². The maximum Gasteiger partial charge on any atom is 0.260 e. The molecule has 0 spiro atoms. The molecule has 5 rings (SSSR count). The average molecular weight is 528 g/mol. The Balaban J connectivity index is 1.44. The van der Waals surface area contributed by atoms with Crippen LogP contribution in [0.25, 0.3) is 0 Å². The van der Waals surface area contributed by atoms with E-state index < -0.39 is 5.91 Å². The van der Waals surface area contributed by atoms with E-state index in [9.17, 15) is 9.59 Å². The van der Waals surface area contributed by atoms with Crippen LogP contribution in [0.1, 0.15) is 36.7 Å². The molecule has 1 aromatic heterocycles. The summed E-state index contributed by atoms with van der Waals surface area (Å²) in [5.74, 6) is -0.666. The predicted molar refractivity (Wildman–Crippen MR) is 140 cm³/mol. The van der Waals surface area contributed by atoms with E-state index in [-0.39, 0.29) is 26.5 Å². The molecule has 4 nitrogen and oxygen atoms in total. The Bertz CT molecular complexity index is 1410. The topological polar surface area (TPSA) is 49.4 Å². The largest absolute Gasteiger partial charge is 0.322 e. The molecule has 0 saturated heterocycles. The van der Waals surface area contributed by atoms with Crippen molar-refractivity contribution in [1.82, 2.24) is 0 Å². The van der Waals surface area contributed by atoms with Gasteiger partial charge < -0.3 is 10.2 Å². The molecule has 34 heavy (non-hydrogen) atoms. The zero-order chi connectivity index (χ0) is 23.8. The monoisotopic (exact) mass is 526 g/mol. The first-order chi connectivity index (χ1) is 16.4. The number of nitrogens with one attached hydrogen (secondary N) is 1. The normalized spacial score (nSPS) is 12.5. The summed E-state index contributed by atoms with van der Waals surface area (Å²) >= 11 is 20.5. The first-order valence-corrected chi connectivity index (χ1v) is 12.4. The summed E-state index contributed by atoms with van der Waals surface area (Å²) in [7, 11) is 0. The molecular weight excluding hydrogens is 511 g/mol. The number of para-hydroxylation sites is 1. The Hall–Kier alpha value is -2.83. The van der Waals surface area contributed by atoms with Gasteiger partial charge in [-0.2, -0.15) is 0 Å². The summed E-state index contributed by atoms with van der Waals surface area (Å²) in [5.41, 5.74) is 4.05. The second kappa shape index (κ2) is 9.43. The highest BCUT2D eigenvalue weighted by Gasteiger charge is 2.27. The standard InChI is InChI=1S/C26H17Cl3N2O2S/c27-19-5-3-6-20(28)24(19)25(32)30-17-8-9-18(21(29)13-17)26(33)31-14-16-10-11-34-23(16)12-15-4-1-2-7-22(15)31/h1-11,13H,12,14H2,(H,30,32). The Morgan fingerprint density at radius 1 is 0.853 bits per heavy atom. The third-order valence-electron chi connectivity index (χ3n) is 5.69. The van der Waals surface area contributed by atoms with Crippen LogP contribution in [0.15, 0.2) is 72.1 Å². The first-order valence-electron chi connectivity index (χ1n) is 10.4. The van der Waals surface area contributed by atoms with Crippen molar-refractivity contribution < 1.29 is 9.59 Å². The van der Waals surface area contributed by atoms with Crippen molar-refractivity contribution in [3.63, 3.8) is 0 Å². The van der Waals surface area contributed by atoms with E-state index >= 15 is 0 Å². The SMILES string of the molecule is O=C(Nc1ccc(C(=O)N2Cc3ccsc3Cc3ccccc32)c(Cl)c1)c1c(Cl)cccc1Cl. The Morgan fingerprint density at radius 3 is 2.38 bits per heavy atom. The van der Waals surface area contributed by atoms with Gasteiger partial charge in [0.25, 0.3) is 11.8 Å². The molecule has 2 heterocycles. The number of hydrogen-bond acceptors (Lipinski definition) is 3. The van der Waals surface area contributed by atoms with Crippen molar-refractivity contribution in [1.29, 1.82) is 0 Å². The van der Waals surface area contributed by atoms with Crippen LogP contribution < -0.4 is 10.2 Å². The fraction of sp³-hybridized carbons (Fsp3) is 0.0769. The molecule has 0 saturated carbocycles. The molecule has 0 unspecified atom stereocenters. The predicted octanol–water partition coefficient (Wildman–Crippen LogP) is 7.71. The number of benzene rings is 3. The number of amides is 2. The van der Waals surface area contributed by atoms with Crippen LogP contribution in [0, 0.1) is 0 Å². The van der Waals surface area contributed by atoms with Gasteiger partial charge >= 0.3 is 0 Å². The van der Waals surface area contributed by atoms with E-state index in [0.29, 0.717) is 17.8 Å². The van der Waals surface area contributed by atoms with Crippen LogP contribution in [0.2, 0.25) is 15.1 Å². The molecule has 8 heteroatoms. The number of fused-ring (bicyclic) bond motifs is 2. The fourth-order valence-electron chi connectivity index (χ4n) is 4.02. The molecule has 0 atom stereocenters. The van der Waals surface area contributed by atoms with Crippen molar-refractivity contribution in [2.24, 2.45) is 0 Å². The van der Waals surface area contributed by atoms with Crippen molar-refractivity contribution in [2.75, 3.05) is 10.2 Å². The van der Waals surface area contributed by atoms with Gasteiger partial charge in [0.1, 0.15) is 0 Å². The van der Waals surface area contributed by atoms with Crippen LogP contribution in [0.3, 0.4) is 0 Å². The maximum atomic E-state index is 13.6. The summed E-state index contributed by atoms with van der Waals surface area (Å²) in [6.07, 6.45) is 0.788. The summed E-state index contributed by atoms with van der Waals surface area (Å²) in [6, 6.07) is 19.6. The van der Waals surface area contributed by atoms with Gasteiger partial charge in [0, 0.05) is 22.7 Å². The number of thiophene rings is 1. The summed E-state index contributed by atoms with van der Waals surface area (Å²) in [4.78, 5) is 29.4. The number of hydrogen-bond donors (Lipinski definition) is 1. The van der Waals surface area contributed by atoms with E-state index in [2.05, 4.69) is 16.8 Å². The van der Waals surface area contributed by atoms with Crippen LogP contribution in [0.5, 0.6) is 0 Å². The van der Waals surface area contributed by atoms with Crippen LogP contribution in [0.4, 0.5) is 11.4 Å². The van der Waals surface area contributed by atoms with Gasteiger partial charge in [-0.1, -0.05) is 59.1 Å². The van der Waals surface area contributed by atoms with Gasteiger partial charge in [-0.15, -0.1) is 11.3 Å². The molecule has 0 bridgehead atoms. The highest BCUT2D eigenvalue weighted by molar-refractivity contribution is 7.10. The molecule has 4 aromatic rings. The molecule has 3 aromatic carbocycles.